The molecule has 1 fully saturated rings. The van der Waals surface area contributed by atoms with Crippen LogP contribution < -0.4 is 11.1 Å². The first kappa shape index (κ1) is 15.0. The third kappa shape index (κ3) is 4.05. The normalized spacial score (nSPS) is 22.8. The molecule has 3 N–H and O–H groups in total. The molecule has 0 bridgehead atoms. The molecular weight excluding hydrogens is 250 g/mol. The SMILES string of the molecule is CN(Cc1ccccc1)[C@@H]1CCCC[C@@H]1NC(=O)CN. The minimum absolute atomic E-state index is 0.0463. The fourth-order valence-electron chi connectivity index (χ4n) is 3.06. The first-order valence-corrected chi connectivity index (χ1v) is 7.44. The van der Waals surface area contributed by atoms with Gasteiger partial charge in [0.2, 0.25) is 5.91 Å². The monoisotopic (exact) mass is 275 g/mol. The minimum atomic E-state index is -0.0463. The van der Waals surface area contributed by atoms with Gasteiger partial charge in [0, 0.05) is 18.6 Å². The second kappa shape index (κ2) is 7.41. The van der Waals surface area contributed by atoms with Crippen molar-refractivity contribution in [2.24, 2.45) is 5.73 Å². The molecule has 1 aliphatic rings. The number of carbonyl (C=O) groups excluding carboxylic acids is 1. The van der Waals surface area contributed by atoms with Gasteiger partial charge in [-0.15, -0.1) is 0 Å². The molecule has 1 aromatic rings. The van der Waals surface area contributed by atoms with E-state index in [2.05, 4.69) is 41.5 Å². The van der Waals surface area contributed by atoms with E-state index in [-0.39, 0.29) is 18.5 Å². The number of nitrogens with zero attached hydrogens (tertiary/aromatic N) is 1. The van der Waals surface area contributed by atoms with Crippen LogP contribution in [0.15, 0.2) is 30.3 Å². The summed E-state index contributed by atoms with van der Waals surface area (Å²) in [5, 5.41) is 3.08. The van der Waals surface area contributed by atoms with E-state index in [1.54, 1.807) is 0 Å². The van der Waals surface area contributed by atoms with Crippen molar-refractivity contribution in [1.29, 1.82) is 0 Å². The molecule has 2 atom stereocenters. The number of amides is 1. The molecule has 1 amide bonds. The number of hydrogen-bond acceptors (Lipinski definition) is 3. The largest absolute Gasteiger partial charge is 0.351 e. The van der Waals surface area contributed by atoms with Gasteiger partial charge in [-0.3, -0.25) is 9.69 Å². The maximum Gasteiger partial charge on any atom is 0.234 e. The Bertz CT molecular complexity index is 421. The highest BCUT2D eigenvalue weighted by Crippen LogP contribution is 2.23. The van der Waals surface area contributed by atoms with Crippen molar-refractivity contribution in [3.63, 3.8) is 0 Å². The highest BCUT2D eigenvalue weighted by Gasteiger charge is 2.29. The molecular formula is C16H25N3O. The van der Waals surface area contributed by atoms with Gasteiger partial charge in [-0.2, -0.15) is 0 Å². The number of likely N-dealkylation sites (N-methyl/N-ethyl adjacent to an activating group) is 1. The van der Waals surface area contributed by atoms with E-state index < -0.39 is 0 Å². The first-order chi connectivity index (χ1) is 9.70. The van der Waals surface area contributed by atoms with Crippen LogP contribution in [0.5, 0.6) is 0 Å². The molecule has 4 heteroatoms. The summed E-state index contributed by atoms with van der Waals surface area (Å²) in [5.41, 5.74) is 6.72. The maximum atomic E-state index is 11.6. The summed E-state index contributed by atoms with van der Waals surface area (Å²) in [6.07, 6.45) is 4.61. The summed E-state index contributed by atoms with van der Waals surface area (Å²) in [5.74, 6) is -0.0463. The van der Waals surface area contributed by atoms with Crippen molar-refractivity contribution in [2.75, 3.05) is 13.6 Å². The second-order valence-corrected chi connectivity index (χ2v) is 5.63. The van der Waals surface area contributed by atoms with E-state index in [9.17, 15) is 4.79 Å². The Morgan fingerprint density at radius 1 is 1.30 bits per heavy atom. The van der Waals surface area contributed by atoms with Crippen LogP contribution in [-0.4, -0.2) is 36.5 Å². The molecule has 1 aromatic carbocycles. The predicted molar refractivity (Wildman–Crippen MR) is 81.2 cm³/mol. The Kier molecular flexibility index (Phi) is 5.56. The molecule has 0 saturated heterocycles. The summed E-state index contributed by atoms with van der Waals surface area (Å²) in [6, 6.07) is 11.1. The number of nitrogens with one attached hydrogen (secondary N) is 1. The van der Waals surface area contributed by atoms with Gasteiger partial charge in [-0.05, 0) is 25.5 Å². The molecule has 110 valence electrons. The van der Waals surface area contributed by atoms with Gasteiger partial charge in [0.15, 0.2) is 0 Å². The fourth-order valence-corrected chi connectivity index (χ4v) is 3.06. The molecule has 1 aliphatic carbocycles. The highest BCUT2D eigenvalue weighted by atomic mass is 16.1. The number of rotatable bonds is 5. The van der Waals surface area contributed by atoms with Gasteiger partial charge in [-0.25, -0.2) is 0 Å². The Morgan fingerprint density at radius 2 is 2.00 bits per heavy atom. The Hall–Kier alpha value is -1.39. The zero-order valence-electron chi connectivity index (χ0n) is 12.2. The summed E-state index contributed by atoms with van der Waals surface area (Å²) in [7, 11) is 2.14. The Balaban J connectivity index is 1.98. The Labute approximate surface area is 121 Å². The molecule has 0 unspecified atom stereocenters. The fraction of sp³-hybridized carbons (Fsp3) is 0.562. The molecule has 0 aliphatic heterocycles. The van der Waals surface area contributed by atoms with Crippen molar-refractivity contribution in [1.82, 2.24) is 10.2 Å². The van der Waals surface area contributed by atoms with Crippen LogP contribution in [0.3, 0.4) is 0 Å². The zero-order chi connectivity index (χ0) is 14.4. The van der Waals surface area contributed by atoms with Crippen LogP contribution in [0.1, 0.15) is 31.2 Å². The van der Waals surface area contributed by atoms with Crippen LogP contribution in [-0.2, 0) is 11.3 Å². The highest BCUT2D eigenvalue weighted by molar-refractivity contribution is 5.78. The summed E-state index contributed by atoms with van der Waals surface area (Å²) in [4.78, 5) is 13.9. The average Bonchev–Trinajstić information content (AvgIpc) is 2.48. The summed E-state index contributed by atoms with van der Waals surface area (Å²) >= 11 is 0. The van der Waals surface area contributed by atoms with Gasteiger partial charge < -0.3 is 11.1 Å². The number of carbonyl (C=O) groups is 1. The van der Waals surface area contributed by atoms with E-state index in [0.717, 1.165) is 19.4 Å². The van der Waals surface area contributed by atoms with Crippen LogP contribution in [0, 0.1) is 0 Å². The molecule has 0 heterocycles. The van der Waals surface area contributed by atoms with E-state index >= 15 is 0 Å². The molecule has 20 heavy (non-hydrogen) atoms. The van der Waals surface area contributed by atoms with Gasteiger partial charge in [0.25, 0.3) is 0 Å². The van der Waals surface area contributed by atoms with E-state index in [0.29, 0.717) is 6.04 Å². The molecule has 0 spiro atoms. The van der Waals surface area contributed by atoms with Gasteiger partial charge in [0.05, 0.1) is 6.54 Å². The topological polar surface area (TPSA) is 58.4 Å². The van der Waals surface area contributed by atoms with E-state index in [1.165, 1.54) is 18.4 Å². The van der Waals surface area contributed by atoms with Crippen LogP contribution >= 0.6 is 0 Å². The molecule has 4 nitrogen and oxygen atoms in total. The van der Waals surface area contributed by atoms with Gasteiger partial charge in [0.1, 0.15) is 0 Å². The minimum Gasteiger partial charge on any atom is -0.351 e. The van der Waals surface area contributed by atoms with Crippen LogP contribution in [0.4, 0.5) is 0 Å². The second-order valence-electron chi connectivity index (χ2n) is 5.63. The molecule has 0 aromatic heterocycles. The lowest BCUT2D eigenvalue weighted by Crippen LogP contribution is -2.53. The molecule has 1 saturated carbocycles. The van der Waals surface area contributed by atoms with Crippen molar-refractivity contribution < 1.29 is 4.79 Å². The zero-order valence-corrected chi connectivity index (χ0v) is 12.2. The van der Waals surface area contributed by atoms with E-state index in [4.69, 9.17) is 5.73 Å². The average molecular weight is 275 g/mol. The number of hydrogen-bond donors (Lipinski definition) is 2. The van der Waals surface area contributed by atoms with Crippen molar-refractivity contribution >= 4 is 5.91 Å². The lowest BCUT2D eigenvalue weighted by molar-refractivity contribution is -0.121. The van der Waals surface area contributed by atoms with Crippen LogP contribution in [0.25, 0.3) is 0 Å². The number of nitrogens with two attached hydrogens (primary N) is 1. The van der Waals surface area contributed by atoms with E-state index in [1.807, 2.05) is 6.07 Å². The summed E-state index contributed by atoms with van der Waals surface area (Å²) in [6.45, 7) is 0.992. The third-order valence-corrected chi connectivity index (χ3v) is 4.10. The third-order valence-electron chi connectivity index (χ3n) is 4.10. The van der Waals surface area contributed by atoms with Crippen molar-refractivity contribution in [3.05, 3.63) is 35.9 Å². The standard InChI is InChI=1S/C16H25N3O/c1-19(12-13-7-3-2-4-8-13)15-10-6-5-9-14(15)18-16(20)11-17/h2-4,7-8,14-15H,5-6,9-12,17H2,1H3,(H,18,20)/t14-,15+/m0/s1. The predicted octanol–water partition coefficient (Wildman–Crippen LogP) is 1.50. The van der Waals surface area contributed by atoms with Gasteiger partial charge >= 0.3 is 0 Å². The lowest BCUT2D eigenvalue weighted by Gasteiger charge is -2.38. The maximum absolute atomic E-state index is 11.6. The lowest BCUT2D eigenvalue weighted by atomic mass is 9.89. The van der Waals surface area contributed by atoms with Crippen LogP contribution in [0.2, 0.25) is 0 Å². The summed E-state index contributed by atoms with van der Waals surface area (Å²) < 4.78 is 0. The first-order valence-electron chi connectivity index (χ1n) is 7.44. The smallest absolute Gasteiger partial charge is 0.234 e. The van der Waals surface area contributed by atoms with Gasteiger partial charge in [-0.1, -0.05) is 43.2 Å². The molecule has 0 radical (unpaired) electrons. The van der Waals surface area contributed by atoms with Crippen molar-refractivity contribution in [3.8, 4) is 0 Å². The quantitative estimate of drug-likeness (QED) is 0.856. The molecule has 2 rings (SSSR count). The number of benzene rings is 1. The Morgan fingerprint density at radius 3 is 2.70 bits per heavy atom. The van der Waals surface area contributed by atoms with Crippen molar-refractivity contribution in [2.45, 2.75) is 44.3 Å².